The van der Waals surface area contributed by atoms with E-state index in [9.17, 15) is 30.6 Å². The molecule has 358 valence electrons. The van der Waals surface area contributed by atoms with Crippen molar-refractivity contribution in [3.05, 3.63) is 62.7 Å². The van der Waals surface area contributed by atoms with Crippen molar-refractivity contribution >= 4 is 0 Å². The molecular formula is C54H72N2O10. The third-order valence-electron chi connectivity index (χ3n) is 22.2. The van der Waals surface area contributed by atoms with Gasteiger partial charge in [-0.3, -0.25) is 9.97 Å². The van der Waals surface area contributed by atoms with Gasteiger partial charge in [-0.2, -0.15) is 0 Å². The molecule has 1 aromatic heterocycles. The molecule has 1 aromatic carbocycles. The Morgan fingerprint density at radius 3 is 2.15 bits per heavy atom. The Morgan fingerprint density at radius 2 is 1.47 bits per heavy atom. The molecule has 10 unspecified atom stereocenters. The van der Waals surface area contributed by atoms with Crippen LogP contribution in [0.15, 0.2) is 17.7 Å². The highest BCUT2D eigenvalue weighted by molar-refractivity contribution is 5.60. The molecule has 66 heavy (non-hydrogen) atoms. The fourth-order valence-corrected chi connectivity index (χ4v) is 17.9. The number of nitrogens with zero attached hydrogens (tertiary/aromatic N) is 2. The average molecular weight is 909 g/mol. The zero-order chi connectivity index (χ0) is 46.4. The maximum atomic E-state index is 12.9. The van der Waals surface area contributed by atoms with Gasteiger partial charge in [-0.15, -0.1) is 0 Å². The topological polar surface area (TPSA) is 184 Å². The first-order valence-corrected chi connectivity index (χ1v) is 25.6. The number of fused-ring (bicyclic) bond motifs is 13. The van der Waals surface area contributed by atoms with Crippen molar-refractivity contribution in [1.29, 1.82) is 0 Å². The lowest BCUT2D eigenvalue weighted by Crippen LogP contribution is -2.64. The minimum Gasteiger partial charge on any atom is -0.459 e. The van der Waals surface area contributed by atoms with E-state index >= 15 is 0 Å². The average Bonchev–Trinajstić information content (AvgIpc) is 3.94. The Morgan fingerprint density at radius 1 is 0.758 bits per heavy atom. The second-order valence-electron chi connectivity index (χ2n) is 25.4. The van der Waals surface area contributed by atoms with Gasteiger partial charge in [0, 0.05) is 47.0 Å². The number of hydrogen-bond acceptors (Lipinski definition) is 12. The number of aliphatic hydroxyl groups is 6. The highest BCUT2D eigenvalue weighted by atomic mass is 16.7. The summed E-state index contributed by atoms with van der Waals surface area (Å²) >= 11 is 0. The van der Waals surface area contributed by atoms with Crippen molar-refractivity contribution in [2.24, 2.45) is 52.3 Å². The lowest BCUT2D eigenvalue weighted by atomic mass is 9.44. The minimum absolute atomic E-state index is 0.0369. The highest BCUT2D eigenvalue weighted by Crippen LogP contribution is 2.71. The summed E-state index contributed by atoms with van der Waals surface area (Å²) in [4.78, 5) is 11.2. The monoisotopic (exact) mass is 909 g/mol. The number of benzene rings is 1. The van der Waals surface area contributed by atoms with Crippen LogP contribution in [-0.4, -0.2) is 100 Å². The zero-order valence-corrected chi connectivity index (χ0v) is 40.4. The molecule has 5 fully saturated rings. The predicted molar refractivity (Wildman–Crippen MR) is 241 cm³/mol. The SMILES string of the molecule is CC1C(O)C2(Oc3cc4c(c5c3[C@@H](CC5O)C2C)CCC2Cc3nc5c(nc3C[C@@]42C)CC2CCC3C4=C[C@H]6O[C@@]7(O[C@@](C)(CO)C[C@@H]7O)C(C)[C@@]6(O)[C@]4(C)[C@@H](O)CC3[C@]2(C)C5)OC1(C)C. The molecule has 2 saturated carbocycles. The normalized spacial score (nSPS) is 52.9. The van der Waals surface area contributed by atoms with Gasteiger partial charge >= 0.3 is 0 Å². The molecule has 2 spiro atoms. The van der Waals surface area contributed by atoms with E-state index in [1.54, 1.807) is 6.92 Å². The second-order valence-corrected chi connectivity index (χ2v) is 25.4. The molecule has 0 amide bonds. The Bertz CT molecular complexity index is 2510. The lowest BCUT2D eigenvalue weighted by Gasteiger charge is -2.61. The van der Waals surface area contributed by atoms with E-state index in [2.05, 4.69) is 32.9 Å². The molecule has 0 radical (unpaired) electrons. The molecule has 0 bridgehead atoms. The number of hydrogen-bond donors (Lipinski definition) is 6. The van der Waals surface area contributed by atoms with Crippen LogP contribution in [0.5, 0.6) is 5.75 Å². The van der Waals surface area contributed by atoms with Crippen LogP contribution >= 0.6 is 0 Å². The van der Waals surface area contributed by atoms with Crippen LogP contribution in [0, 0.1) is 52.3 Å². The van der Waals surface area contributed by atoms with Crippen LogP contribution in [0.1, 0.15) is 158 Å². The number of rotatable bonds is 1. The third kappa shape index (κ3) is 4.89. The first-order chi connectivity index (χ1) is 31.0. The van der Waals surface area contributed by atoms with Gasteiger partial charge in [0.1, 0.15) is 29.7 Å². The largest absolute Gasteiger partial charge is 0.459 e. The molecule has 3 saturated heterocycles. The number of aliphatic hydroxyl groups excluding tert-OH is 5. The number of aromatic nitrogens is 2. The molecule has 20 atom stereocenters. The van der Waals surface area contributed by atoms with E-state index in [-0.39, 0.29) is 53.4 Å². The van der Waals surface area contributed by atoms with Crippen LogP contribution in [0.25, 0.3) is 0 Å². The van der Waals surface area contributed by atoms with Gasteiger partial charge in [-0.25, -0.2) is 0 Å². The van der Waals surface area contributed by atoms with Crippen LogP contribution < -0.4 is 4.74 Å². The van der Waals surface area contributed by atoms with Crippen molar-refractivity contribution in [1.82, 2.24) is 9.97 Å². The van der Waals surface area contributed by atoms with E-state index in [0.717, 1.165) is 96.6 Å². The van der Waals surface area contributed by atoms with Gasteiger partial charge in [-0.1, -0.05) is 53.2 Å². The maximum absolute atomic E-state index is 12.9. The zero-order valence-electron chi connectivity index (χ0n) is 40.4. The minimum atomic E-state index is -1.50. The maximum Gasteiger partial charge on any atom is 0.240 e. The Kier molecular flexibility index (Phi) is 8.61. The van der Waals surface area contributed by atoms with E-state index < -0.39 is 70.2 Å². The summed E-state index contributed by atoms with van der Waals surface area (Å²) in [7, 11) is 0. The van der Waals surface area contributed by atoms with E-state index in [0.29, 0.717) is 24.7 Å². The summed E-state index contributed by atoms with van der Waals surface area (Å²) in [5.41, 5.74) is 5.79. The van der Waals surface area contributed by atoms with Gasteiger partial charge in [0.15, 0.2) is 0 Å². The highest BCUT2D eigenvalue weighted by Gasteiger charge is 2.79. The molecule has 12 heteroatoms. The van der Waals surface area contributed by atoms with E-state index in [1.165, 1.54) is 11.1 Å². The molecule has 2 aromatic rings. The quantitative estimate of drug-likeness (QED) is 0.195. The Balaban J connectivity index is 0.811. The first-order valence-electron chi connectivity index (χ1n) is 25.6. The van der Waals surface area contributed by atoms with Crippen molar-refractivity contribution in [3.63, 3.8) is 0 Å². The fourth-order valence-electron chi connectivity index (χ4n) is 17.9. The van der Waals surface area contributed by atoms with Crippen LogP contribution in [0.4, 0.5) is 0 Å². The molecule has 7 aliphatic carbocycles. The van der Waals surface area contributed by atoms with Crippen LogP contribution in [0.3, 0.4) is 0 Å². The Hall–Kier alpha value is -2.52. The van der Waals surface area contributed by atoms with Gasteiger partial charge in [-0.05, 0) is 136 Å². The van der Waals surface area contributed by atoms with Crippen LogP contribution in [-0.2, 0) is 51.7 Å². The van der Waals surface area contributed by atoms with Crippen molar-refractivity contribution < 1.29 is 49.6 Å². The predicted octanol–water partition coefficient (Wildman–Crippen LogP) is 5.60. The Labute approximate surface area is 388 Å². The summed E-state index contributed by atoms with van der Waals surface area (Å²) in [6.45, 7) is 18.5. The summed E-state index contributed by atoms with van der Waals surface area (Å²) in [6.07, 6.45) is 6.56. The molecule has 11 aliphatic rings. The van der Waals surface area contributed by atoms with E-state index in [1.807, 2.05) is 34.6 Å². The number of ether oxygens (including phenoxy) is 4. The molecule has 4 aliphatic heterocycles. The molecule has 13 rings (SSSR count). The van der Waals surface area contributed by atoms with Gasteiger partial charge in [0.25, 0.3) is 0 Å². The van der Waals surface area contributed by atoms with Gasteiger partial charge < -0.3 is 49.6 Å². The molecule has 12 nitrogen and oxygen atoms in total. The summed E-state index contributed by atoms with van der Waals surface area (Å²) in [5.74, 6) is -1.71. The van der Waals surface area contributed by atoms with Crippen molar-refractivity contribution in [2.45, 2.75) is 203 Å². The van der Waals surface area contributed by atoms with Crippen molar-refractivity contribution in [3.8, 4) is 5.75 Å². The summed E-state index contributed by atoms with van der Waals surface area (Å²) in [5, 5.41) is 70.7. The lowest BCUT2D eigenvalue weighted by molar-refractivity contribution is -0.280. The second kappa shape index (κ2) is 13.1. The van der Waals surface area contributed by atoms with Gasteiger partial charge in [0.05, 0.1) is 52.8 Å². The third-order valence-corrected chi connectivity index (χ3v) is 22.2. The smallest absolute Gasteiger partial charge is 0.240 e. The van der Waals surface area contributed by atoms with Crippen molar-refractivity contribution in [2.75, 3.05) is 6.61 Å². The van der Waals surface area contributed by atoms with E-state index in [4.69, 9.17) is 28.9 Å². The standard InChI is InChI=1S/C54H72N2O10/c1-24-31-16-39(58)44-30-13-11-28-15-36-37(20-49(28,7)32(30)17-40(45(31)44)63-53(24)46(61)25(2)47(4,5)65-53)55-35-14-27-10-12-29-33(50(27,8)21-38(35)56-36)18-41(59)51(9)34(29)19-43-52(51,62)26(3)54(64-43)42(60)22-48(6,23-57)66-54/h17,19,24-29,31,33,39,41-43,46,57-62H,10-16,18,20-23H2,1-9H3/t24?,25?,26?,27?,28?,29?,31-,33?,39?,41-,42-,43+,46?,48+,49+,50+,51-,52-,53?,54+/m0/s1. The molecule has 6 N–H and O–H groups in total. The summed E-state index contributed by atoms with van der Waals surface area (Å²) < 4.78 is 26.8. The summed E-state index contributed by atoms with van der Waals surface area (Å²) in [6, 6.07) is 2.27. The first kappa shape index (κ1) is 43.5. The molecule has 5 heterocycles. The van der Waals surface area contributed by atoms with Gasteiger partial charge in [0.2, 0.25) is 11.6 Å². The van der Waals surface area contributed by atoms with Crippen LogP contribution in [0.2, 0.25) is 0 Å². The molecular weight excluding hydrogens is 837 g/mol. The fraction of sp³-hybridized carbons (Fsp3) is 0.778.